The van der Waals surface area contributed by atoms with Gasteiger partial charge in [-0.05, 0) is 30.8 Å². The summed E-state index contributed by atoms with van der Waals surface area (Å²) in [5.74, 6) is 0.127. The van der Waals surface area contributed by atoms with Gasteiger partial charge in [0.15, 0.2) is 0 Å². The van der Waals surface area contributed by atoms with E-state index in [0.717, 1.165) is 24.4 Å². The largest absolute Gasteiger partial charge is 0.332 e. The van der Waals surface area contributed by atoms with E-state index in [1.165, 1.54) is 0 Å². The first-order chi connectivity index (χ1) is 8.91. The molecule has 1 amide bonds. The second kappa shape index (κ2) is 5.71. The quantitative estimate of drug-likeness (QED) is 0.725. The first kappa shape index (κ1) is 16.9. The summed E-state index contributed by atoms with van der Waals surface area (Å²) in [5, 5.41) is 0. The van der Waals surface area contributed by atoms with E-state index in [1.54, 1.807) is 0 Å². The number of hydrogen-bond acceptors (Lipinski definition) is 2. The molecule has 1 heterocycles. The van der Waals surface area contributed by atoms with Gasteiger partial charge in [-0.1, -0.05) is 41.5 Å². The van der Waals surface area contributed by atoms with Crippen LogP contribution in [0.4, 0.5) is 0 Å². The van der Waals surface area contributed by atoms with Crippen LogP contribution in [0.15, 0.2) is 16.6 Å². The molecule has 0 aromatic heterocycles. The third kappa shape index (κ3) is 4.77. The Morgan fingerprint density at radius 3 is 2.20 bits per heavy atom. The zero-order valence-corrected chi connectivity index (χ0v) is 14.4. The molecule has 1 aliphatic heterocycles. The van der Waals surface area contributed by atoms with Gasteiger partial charge >= 0.3 is 0 Å². The molecule has 1 rings (SSSR count). The fraction of sp³-hybridized carbons (Fsp3) is 0.765. The summed E-state index contributed by atoms with van der Waals surface area (Å²) >= 11 is 0. The van der Waals surface area contributed by atoms with Crippen LogP contribution in [0.1, 0.15) is 55.4 Å². The van der Waals surface area contributed by atoms with Crippen LogP contribution in [-0.2, 0) is 4.79 Å². The van der Waals surface area contributed by atoms with Gasteiger partial charge in [0.2, 0.25) is 0 Å². The summed E-state index contributed by atoms with van der Waals surface area (Å²) in [5.41, 5.74) is 1.92. The predicted molar refractivity (Wildman–Crippen MR) is 86.1 cm³/mol. The lowest BCUT2D eigenvalue weighted by Crippen LogP contribution is -2.39. The standard InChI is InChI=1S/C17H30N2O/c1-12-9-14(13(2)18-10-16(3,4)5)15(20)19(12)11-17(6,7)8/h9,12H,10-11H2,1-8H3. The molecule has 3 heteroatoms. The second-order valence-corrected chi connectivity index (χ2v) is 8.28. The van der Waals surface area contributed by atoms with Crippen molar-refractivity contribution >= 4 is 11.6 Å². The van der Waals surface area contributed by atoms with Crippen molar-refractivity contribution in [3.8, 4) is 0 Å². The highest BCUT2D eigenvalue weighted by atomic mass is 16.2. The highest BCUT2D eigenvalue weighted by Gasteiger charge is 2.33. The zero-order valence-electron chi connectivity index (χ0n) is 14.4. The number of carbonyl (C=O) groups is 1. The molecule has 0 aromatic rings. The Labute approximate surface area is 124 Å². The zero-order chi connectivity index (χ0) is 15.7. The number of amides is 1. The van der Waals surface area contributed by atoms with E-state index in [0.29, 0.717) is 0 Å². The number of rotatable bonds is 3. The molecule has 0 aliphatic carbocycles. The van der Waals surface area contributed by atoms with E-state index in [2.05, 4.69) is 59.5 Å². The fourth-order valence-corrected chi connectivity index (χ4v) is 2.19. The Morgan fingerprint density at radius 1 is 1.20 bits per heavy atom. The number of nitrogens with zero attached hydrogens (tertiary/aromatic N) is 2. The molecule has 3 nitrogen and oxygen atoms in total. The molecular formula is C17H30N2O. The molecule has 20 heavy (non-hydrogen) atoms. The van der Waals surface area contributed by atoms with Gasteiger partial charge in [0.1, 0.15) is 0 Å². The summed E-state index contributed by atoms with van der Waals surface area (Å²) in [6, 6.07) is 0.163. The third-order valence-corrected chi connectivity index (χ3v) is 3.22. The van der Waals surface area contributed by atoms with Gasteiger partial charge in [0.25, 0.3) is 5.91 Å². The van der Waals surface area contributed by atoms with E-state index in [1.807, 2.05) is 11.8 Å². The molecule has 1 unspecified atom stereocenters. The third-order valence-electron chi connectivity index (χ3n) is 3.22. The average Bonchev–Trinajstić information content (AvgIpc) is 2.51. The van der Waals surface area contributed by atoms with E-state index in [4.69, 9.17) is 0 Å². The van der Waals surface area contributed by atoms with Crippen molar-refractivity contribution in [1.82, 2.24) is 4.90 Å². The molecular weight excluding hydrogens is 248 g/mol. The van der Waals surface area contributed by atoms with E-state index >= 15 is 0 Å². The summed E-state index contributed by atoms with van der Waals surface area (Å²) in [6.45, 7) is 18.5. The molecule has 0 saturated heterocycles. The highest BCUT2D eigenvalue weighted by Crippen LogP contribution is 2.25. The monoisotopic (exact) mass is 278 g/mol. The fourth-order valence-electron chi connectivity index (χ4n) is 2.19. The number of aliphatic imine (C=N–C) groups is 1. The molecule has 114 valence electrons. The highest BCUT2D eigenvalue weighted by molar-refractivity contribution is 6.22. The van der Waals surface area contributed by atoms with Gasteiger partial charge in [0, 0.05) is 24.8 Å². The van der Waals surface area contributed by atoms with Crippen LogP contribution in [0.2, 0.25) is 0 Å². The lowest BCUT2D eigenvalue weighted by atomic mass is 9.95. The van der Waals surface area contributed by atoms with Crippen LogP contribution in [0, 0.1) is 10.8 Å². The molecule has 0 aromatic carbocycles. The minimum Gasteiger partial charge on any atom is -0.332 e. The topological polar surface area (TPSA) is 32.7 Å². The maximum atomic E-state index is 12.5. The Morgan fingerprint density at radius 2 is 1.75 bits per heavy atom. The molecule has 0 radical (unpaired) electrons. The molecule has 0 saturated carbocycles. The molecule has 1 atom stereocenters. The normalized spacial score (nSPS) is 21.5. The summed E-state index contributed by atoms with van der Waals surface area (Å²) < 4.78 is 0. The minimum atomic E-state index is 0.115. The van der Waals surface area contributed by atoms with Gasteiger partial charge in [-0.25, -0.2) is 0 Å². The van der Waals surface area contributed by atoms with Crippen molar-refractivity contribution in [2.24, 2.45) is 15.8 Å². The van der Waals surface area contributed by atoms with Crippen LogP contribution >= 0.6 is 0 Å². The van der Waals surface area contributed by atoms with E-state index in [-0.39, 0.29) is 22.8 Å². The van der Waals surface area contributed by atoms with Gasteiger partial charge in [-0.3, -0.25) is 9.79 Å². The Bertz CT molecular complexity index is 433. The van der Waals surface area contributed by atoms with Crippen LogP contribution in [0.25, 0.3) is 0 Å². The summed E-state index contributed by atoms with van der Waals surface area (Å²) in [4.78, 5) is 19.1. The van der Waals surface area contributed by atoms with Crippen molar-refractivity contribution < 1.29 is 4.79 Å². The van der Waals surface area contributed by atoms with E-state index in [9.17, 15) is 4.79 Å². The van der Waals surface area contributed by atoms with Crippen LogP contribution < -0.4 is 0 Å². The molecule has 1 aliphatic rings. The van der Waals surface area contributed by atoms with E-state index < -0.39 is 0 Å². The van der Waals surface area contributed by atoms with Gasteiger partial charge in [0.05, 0.1) is 5.57 Å². The van der Waals surface area contributed by atoms with Gasteiger partial charge in [-0.15, -0.1) is 0 Å². The number of hydrogen-bond donors (Lipinski definition) is 0. The van der Waals surface area contributed by atoms with Crippen molar-refractivity contribution in [3.63, 3.8) is 0 Å². The SMILES string of the molecule is CC(=NCC(C)(C)C)C1=CC(C)N(CC(C)(C)C)C1=O. The Hall–Kier alpha value is -1.12. The lowest BCUT2D eigenvalue weighted by molar-refractivity contribution is -0.127. The van der Waals surface area contributed by atoms with Crippen LogP contribution in [0.3, 0.4) is 0 Å². The van der Waals surface area contributed by atoms with Crippen molar-refractivity contribution in [3.05, 3.63) is 11.6 Å². The van der Waals surface area contributed by atoms with Crippen molar-refractivity contribution in [1.29, 1.82) is 0 Å². The van der Waals surface area contributed by atoms with Crippen molar-refractivity contribution in [2.75, 3.05) is 13.1 Å². The molecule has 0 bridgehead atoms. The Kier molecular flexibility index (Phi) is 4.83. The number of carbonyl (C=O) groups excluding carboxylic acids is 1. The van der Waals surface area contributed by atoms with Crippen LogP contribution in [0.5, 0.6) is 0 Å². The van der Waals surface area contributed by atoms with Crippen molar-refractivity contribution in [2.45, 2.75) is 61.4 Å². The maximum absolute atomic E-state index is 12.5. The average molecular weight is 278 g/mol. The van der Waals surface area contributed by atoms with Gasteiger partial charge in [-0.2, -0.15) is 0 Å². The summed E-state index contributed by atoms with van der Waals surface area (Å²) in [6.07, 6.45) is 2.05. The molecule has 0 N–H and O–H groups in total. The molecule has 0 fully saturated rings. The Balaban J connectivity index is 2.84. The maximum Gasteiger partial charge on any atom is 0.255 e. The first-order valence-corrected chi connectivity index (χ1v) is 7.45. The van der Waals surface area contributed by atoms with Gasteiger partial charge < -0.3 is 4.90 Å². The molecule has 0 spiro atoms. The lowest BCUT2D eigenvalue weighted by Gasteiger charge is -2.30. The first-order valence-electron chi connectivity index (χ1n) is 7.45. The smallest absolute Gasteiger partial charge is 0.255 e. The predicted octanol–water partition coefficient (Wildman–Crippen LogP) is 3.70. The summed E-state index contributed by atoms with van der Waals surface area (Å²) in [7, 11) is 0. The minimum absolute atomic E-state index is 0.115. The van der Waals surface area contributed by atoms with Crippen LogP contribution in [-0.4, -0.2) is 35.7 Å². The second-order valence-electron chi connectivity index (χ2n) is 8.28.